The minimum Gasteiger partial charge on any atom is -0.455 e. The minimum atomic E-state index is -0.735. The van der Waals surface area contributed by atoms with E-state index in [-0.39, 0.29) is 17.7 Å². The number of nitro benzene ring substituents is 1. The molecule has 31 heavy (non-hydrogen) atoms. The Bertz CT molecular complexity index is 1100. The van der Waals surface area contributed by atoms with Crippen LogP contribution in [-0.2, 0) is 20.7 Å². The van der Waals surface area contributed by atoms with E-state index in [1.807, 2.05) is 30.3 Å². The molecule has 156 valence electrons. The van der Waals surface area contributed by atoms with Crippen molar-refractivity contribution in [3.63, 3.8) is 0 Å². The number of ether oxygens (including phenoxy) is 1. The maximum Gasteiger partial charge on any atom is 0.311 e. The number of anilines is 1. The summed E-state index contributed by atoms with van der Waals surface area (Å²) in [7, 11) is 0. The molecule has 0 aliphatic carbocycles. The van der Waals surface area contributed by atoms with Gasteiger partial charge in [0.05, 0.1) is 22.7 Å². The molecule has 0 aliphatic heterocycles. The summed E-state index contributed by atoms with van der Waals surface area (Å²) in [5.41, 5.74) is 1.88. The van der Waals surface area contributed by atoms with Gasteiger partial charge in [0.2, 0.25) is 0 Å². The number of nitro groups is 1. The van der Waals surface area contributed by atoms with E-state index in [2.05, 4.69) is 15.5 Å². The summed E-state index contributed by atoms with van der Waals surface area (Å²) in [6, 6.07) is 21.8. The van der Waals surface area contributed by atoms with Gasteiger partial charge in [-0.2, -0.15) is 10.2 Å². The molecule has 0 spiro atoms. The summed E-state index contributed by atoms with van der Waals surface area (Å²) in [5, 5.41) is 21.8. The normalized spacial score (nSPS) is 10.6. The van der Waals surface area contributed by atoms with Crippen LogP contribution in [0, 0.1) is 10.1 Å². The first-order valence-corrected chi connectivity index (χ1v) is 9.26. The molecule has 0 atom stereocenters. The highest BCUT2D eigenvalue weighted by Crippen LogP contribution is 2.20. The Balaban J connectivity index is 1.48. The van der Waals surface area contributed by atoms with Gasteiger partial charge in [-0.05, 0) is 36.4 Å². The molecule has 0 fully saturated rings. The van der Waals surface area contributed by atoms with E-state index in [1.165, 1.54) is 18.2 Å². The van der Waals surface area contributed by atoms with Crippen molar-refractivity contribution in [2.45, 2.75) is 6.42 Å². The number of para-hydroxylation sites is 1. The SMILES string of the molecule is O=C(COC(=O)Cc1ccccc1[N+](=O)[O-])Nc1ccc(N=Nc2ccccc2)cc1. The van der Waals surface area contributed by atoms with Gasteiger partial charge in [0.15, 0.2) is 6.61 Å². The molecule has 3 aromatic rings. The van der Waals surface area contributed by atoms with Gasteiger partial charge < -0.3 is 10.1 Å². The Morgan fingerprint density at radius 1 is 0.871 bits per heavy atom. The van der Waals surface area contributed by atoms with Crippen LogP contribution >= 0.6 is 0 Å². The highest BCUT2D eigenvalue weighted by molar-refractivity contribution is 5.93. The molecule has 1 N–H and O–H groups in total. The van der Waals surface area contributed by atoms with E-state index in [0.29, 0.717) is 11.4 Å². The summed E-state index contributed by atoms with van der Waals surface area (Å²) in [5.74, 6) is -1.27. The minimum absolute atomic E-state index is 0.173. The summed E-state index contributed by atoms with van der Waals surface area (Å²) in [6.45, 7) is -0.505. The topological polar surface area (TPSA) is 123 Å². The van der Waals surface area contributed by atoms with Crippen LogP contribution in [0.2, 0.25) is 0 Å². The molecule has 3 aromatic carbocycles. The summed E-state index contributed by atoms with van der Waals surface area (Å²) in [4.78, 5) is 34.3. The third-order valence-electron chi connectivity index (χ3n) is 4.08. The lowest BCUT2D eigenvalue weighted by atomic mass is 10.1. The number of amides is 1. The fourth-order valence-corrected chi connectivity index (χ4v) is 2.61. The van der Waals surface area contributed by atoms with Gasteiger partial charge in [0.1, 0.15) is 0 Å². The first kappa shape index (κ1) is 21.3. The fourth-order valence-electron chi connectivity index (χ4n) is 2.61. The van der Waals surface area contributed by atoms with Gasteiger partial charge in [-0.15, -0.1) is 0 Å². The summed E-state index contributed by atoms with van der Waals surface area (Å²) >= 11 is 0. The van der Waals surface area contributed by atoms with Gasteiger partial charge in [0.25, 0.3) is 11.6 Å². The molecule has 0 radical (unpaired) electrons. The van der Waals surface area contributed by atoms with E-state index in [1.54, 1.807) is 30.3 Å². The first-order valence-electron chi connectivity index (χ1n) is 9.26. The molecule has 0 unspecified atom stereocenters. The molecule has 9 nitrogen and oxygen atoms in total. The van der Waals surface area contributed by atoms with Crippen LogP contribution in [0.15, 0.2) is 89.1 Å². The maximum absolute atomic E-state index is 12.0. The molecular weight excluding hydrogens is 400 g/mol. The zero-order chi connectivity index (χ0) is 22.1. The number of hydrogen-bond acceptors (Lipinski definition) is 7. The van der Waals surface area contributed by atoms with Crippen molar-refractivity contribution in [2.75, 3.05) is 11.9 Å². The predicted octanol–water partition coefficient (Wildman–Crippen LogP) is 4.73. The second-order valence-corrected chi connectivity index (χ2v) is 6.35. The standard InChI is InChI=1S/C22H18N4O5/c27-21(15-31-22(28)14-16-6-4-5-9-20(16)26(29)30)23-17-10-12-19(13-11-17)25-24-18-7-2-1-3-8-18/h1-13H,14-15H2,(H,23,27). The fraction of sp³-hybridized carbons (Fsp3) is 0.0909. The van der Waals surface area contributed by atoms with Crippen LogP contribution in [0.25, 0.3) is 0 Å². The molecule has 0 aromatic heterocycles. The van der Waals surface area contributed by atoms with Gasteiger partial charge >= 0.3 is 5.97 Å². The smallest absolute Gasteiger partial charge is 0.311 e. The zero-order valence-corrected chi connectivity index (χ0v) is 16.3. The average molecular weight is 418 g/mol. The molecule has 0 aliphatic rings. The first-order chi connectivity index (χ1) is 15.0. The number of rotatable bonds is 8. The summed E-state index contributed by atoms with van der Waals surface area (Å²) < 4.78 is 4.92. The average Bonchev–Trinajstić information content (AvgIpc) is 2.78. The Morgan fingerprint density at radius 2 is 1.48 bits per heavy atom. The number of benzene rings is 3. The van der Waals surface area contributed by atoms with Gasteiger partial charge in [0, 0.05) is 17.3 Å². The van der Waals surface area contributed by atoms with Crippen molar-refractivity contribution < 1.29 is 19.2 Å². The van der Waals surface area contributed by atoms with Crippen molar-refractivity contribution in [3.8, 4) is 0 Å². The Labute approximate surface area is 177 Å². The quantitative estimate of drug-likeness (QED) is 0.245. The zero-order valence-electron chi connectivity index (χ0n) is 16.3. The van der Waals surface area contributed by atoms with Crippen LogP contribution in [0.4, 0.5) is 22.7 Å². The number of carbonyl (C=O) groups is 2. The van der Waals surface area contributed by atoms with Crippen LogP contribution in [0.3, 0.4) is 0 Å². The number of esters is 1. The molecule has 0 saturated heterocycles. The lowest BCUT2D eigenvalue weighted by Gasteiger charge is -2.07. The van der Waals surface area contributed by atoms with Gasteiger partial charge in [-0.25, -0.2) is 0 Å². The van der Waals surface area contributed by atoms with Crippen LogP contribution in [0.5, 0.6) is 0 Å². The van der Waals surface area contributed by atoms with Crippen molar-refractivity contribution in [2.24, 2.45) is 10.2 Å². The third-order valence-corrected chi connectivity index (χ3v) is 4.08. The van der Waals surface area contributed by atoms with E-state index in [9.17, 15) is 19.7 Å². The molecule has 1 amide bonds. The molecule has 9 heteroatoms. The van der Waals surface area contributed by atoms with E-state index < -0.39 is 23.4 Å². The van der Waals surface area contributed by atoms with Crippen molar-refractivity contribution >= 4 is 34.6 Å². The second-order valence-electron chi connectivity index (χ2n) is 6.35. The molecule has 0 saturated carbocycles. The Kier molecular flexibility index (Phi) is 7.15. The Morgan fingerprint density at radius 3 is 2.16 bits per heavy atom. The van der Waals surface area contributed by atoms with E-state index >= 15 is 0 Å². The number of azo groups is 1. The predicted molar refractivity (Wildman–Crippen MR) is 113 cm³/mol. The largest absolute Gasteiger partial charge is 0.455 e. The van der Waals surface area contributed by atoms with Crippen LogP contribution in [-0.4, -0.2) is 23.4 Å². The highest BCUT2D eigenvalue weighted by atomic mass is 16.6. The van der Waals surface area contributed by atoms with Crippen molar-refractivity contribution in [1.82, 2.24) is 0 Å². The number of carbonyl (C=O) groups excluding carboxylic acids is 2. The highest BCUT2D eigenvalue weighted by Gasteiger charge is 2.17. The van der Waals surface area contributed by atoms with Crippen LogP contribution in [0.1, 0.15) is 5.56 Å². The van der Waals surface area contributed by atoms with Crippen LogP contribution < -0.4 is 5.32 Å². The van der Waals surface area contributed by atoms with Crippen molar-refractivity contribution in [3.05, 3.63) is 94.5 Å². The second kappa shape index (κ2) is 10.4. The maximum atomic E-state index is 12.0. The van der Waals surface area contributed by atoms with Gasteiger partial charge in [-0.3, -0.25) is 19.7 Å². The summed E-state index contributed by atoms with van der Waals surface area (Å²) in [6.07, 6.45) is -0.300. The third kappa shape index (κ3) is 6.57. The van der Waals surface area contributed by atoms with Crippen molar-refractivity contribution in [1.29, 1.82) is 0 Å². The lowest BCUT2D eigenvalue weighted by molar-refractivity contribution is -0.385. The van der Waals surface area contributed by atoms with E-state index in [0.717, 1.165) is 5.69 Å². The lowest BCUT2D eigenvalue weighted by Crippen LogP contribution is -2.21. The number of nitrogens with one attached hydrogen (secondary N) is 1. The number of nitrogens with zero attached hydrogens (tertiary/aromatic N) is 3. The molecule has 0 heterocycles. The molecule has 0 bridgehead atoms. The molecule has 3 rings (SSSR count). The van der Waals surface area contributed by atoms with E-state index in [4.69, 9.17) is 4.74 Å². The molecular formula is C22H18N4O5. The van der Waals surface area contributed by atoms with Gasteiger partial charge in [-0.1, -0.05) is 36.4 Å². The Hall–Kier alpha value is -4.40. The monoisotopic (exact) mass is 418 g/mol. The number of hydrogen-bond donors (Lipinski definition) is 1.